The Morgan fingerprint density at radius 3 is 2.55 bits per heavy atom. The normalized spacial score (nSPS) is 17.9. The molecule has 1 aromatic heterocycles. The van der Waals surface area contributed by atoms with E-state index in [4.69, 9.17) is 16.0 Å². The second-order valence-corrected chi connectivity index (χ2v) is 8.50. The van der Waals surface area contributed by atoms with Gasteiger partial charge >= 0.3 is 6.18 Å². The predicted octanol–water partition coefficient (Wildman–Crippen LogP) is 6.07. The number of fused-ring (bicyclic) bond motifs is 1. The molecule has 0 unspecified atom stereocenters. The fourth-order valence-electron chi connectivity index (χ4n) is 4.19. The maximum atomic E-state index is 13.9. The molecule has 2 heterocycles. The van der Waals surface area contributed by atoms with Crippen LogP contribution in [0.3, 0.4) is 0 Å². The molecule has 1 aliphatic rings. The van der Waals surface area contributed by atoms with Gasteiger partial charge in [-0.2, -0.15) is 13.2 Å². The van der Waals surface area contributed by atoms with Gasteiger partial charge in [-0.3, -0.25) is 9.69 Å². The summed E-state index contributed by atoms with van der Waals surface area (Å²) in [5.74, 6) is -1.13. The minimum Gasteiger partial charge on any atom is -0.507 e. The van der Waals surface area contributed by atoms with Gasteiger partial charge in [-0.05, 0) is 55.1 Å². The molecule has 1 fully saturated rings. The minimum atomic E-state index is -4.90. The average molecular weight is 452 g/mol. The highest BCUT2D eigenvalue weighted by atomic mass is 35.5. The second kappa shape index (κ2) is 8.20. The van der Waals surface area contributed by atoms with Gasteiger partial charge < -0.3 is 9.52 Å². The molecule has 1 saturated heterocycles. The number of alkyl halides is 3. The summed E-state index contributed by atoms with van der Waals surface area (Å²) in [4.78, 5) is 15.3. The number of likely N-dealkylation sites (tertiary alicyclic amines) is 1. The van der Waals surface area contributed by atoms with E-state index in [0.717, 1.165) is 25.9 Å². The highest BCUT2D eigenvalue weighted by Gasteiger charge is 2.40. The number of piperidine rings is 1. The Morgan fingerprint density at radius 2 is 1.90 bits per heavy atom. The van der Waals surface area contributed by atoms with Crippen molar-refractivity contribution in [1.82, 2.24) is 4.90 Å². The van der Waals surface area contributed by atoms with Crippen LogP contribution in [0.5, 0.6) is 5.75 Å². The molecular weight excluding hydrogens is 431 g/mol. The van der Waals surface area contributed by atoms with E-state index in [2.05, 4.69) is 11.8 Å². The summed E-state index contributed by atoms with van der Waals surface area (Å²) < 4.78 is 47.2. The fourth-order valence-corrected chi connectivity index (χ4v) is 4.31. The van der Waals surface area contributed by atoms with Crippen molar-refractivity contribution in [2.24, 2.45) is 5.92 Å². The van der Waals surface area contributed by atoms with E-state index in [-0.39, 0.29) is 34.4 Å². The van der Waals surface area contributed by atoms with Gasteiger partial charge in [0.15, 0.2) is 0 Å². The Balaban J connectivity index is 1.94. The van der Waals surface area contributed by atoms with Crippen molar-refractivity contribution in [1.29, 1.82) is 0 Å². The van der Waals surface area contributed by atoms with Crippen molar-refractivity contribution in [3.63, 3.8) is 0 Å². The van der Waals surface area contributed by atoms with Gasteiger partial charge in [-0.1, -0.05) is 30.7 Å². The molecule has 2 aromatic carbocycles. The number of aromatic hydroxyl groups is 1. The van der Waals surface area contributed by atoms with Crippen LogP contribution in [0.1, 0.15) is 31.1 Å². The third kappa shape index (κ3) is 4.29. The summed E-state index contributed by atoms with van der Waals surface area (Å²) in [6.45, 7) is 3.83. The molecule has 0 radical (unpaired) electrons. The molecule has 1 aliphatic heterocycles. The van der Waals surface area contributed by atoms with Crippen LogP contribution in [-0.4, -0.2) is 23.1 Å². The van der Waals surface area contributed by atoms with Gasteiger partial charge in [0, 0.05) is 18.1 Å². The van der Waals surface area contributed by atoms with Gasteiger partial charge in [0.2, 0.25) is 11.2 Å². The van der Waals surface area contributed by atoms with Crippen molar-refractivity contribution >= 4 is 22.6 Å². The Bertz CT molecular complexity index is 1170. The topological polar surface area (TPSA) is 53.7 Å². The third-order valence-corrected chi connectivity index (χ3v) is 5.90. The molecule has 0 saturated carbocycles. The lowest BCUT2D eigenvalue weighted by Crippen LogP contribution is -2.33. The number of benzene rings is 2. The number of nitrogens with zero attached hydrogens (tertiary/aromatic N) is 1. The molecule has 4 nitrogen and oxygen atoms in total. The summed E-state index contributed by atoms with van der Waals surface area (Å²) in [5, 5.41) is 10.8. The first-order chi connectivity index (χ1) is 14.6. The van der Waals surface area contributed by atoms with Crippen molar-refractivity contribution < 1.29 is 22.7 Å². The smallest absolute Gasteiger partial charge is 0.450 e. The number of phenols is 1. The van der Waals surface area contributed by atoms with Crippen LogP contribution >= 0.6 is 11.6 Å². The molecule has 8 heteroatoms. The maximum Gasteiger partial charge on any atom is 0.450 e. The SMILES string of the molecule is C[C@H]1CCCN(Cc2c(O)ccc3c(=O)c(-c4ccc(Cl)cc4)c(C(F)(F)F)oc23)C1. The zero-order valence-electron chi connectivity index (χ0n) is 16.8. The molecule has 1 N–H and O–H groups in total. The summed E-state index contributed by atoms with van der Waals surface area (Å²) in [5.41, 5.74) is -1.35. The lowest BCUT2D eigenvalue weighted by atomic mass is 9.98. The summed E-state index contributed by atoms with van der Waals surface area (Å²) in [7, 11) is 0. The highest BCUT2D eigenvalue weighted by Crippen LogP contribution is 2.39. The molecule has 0 spiro atoms. The Labute approximate surface area is 181 Å². The minimum absolute atomic E-state index is 0.00388. The van der Waals surface area contributed by atoms with Gasteiger partial charge in [0.1, 0.15) is 11.3 Å². The van der Waals surface area contributed by atoms with Crippen LogP contribution < -0.4 is 5.43 Å². The van der Waals surface area contributed by atoms with Crippen LogP contribution in [0.4, 0.5) is 13.2 Å². The van der Waals surface area contributed by atoms with Crippen molar-refractivity contribution in [2.45, 2.75) is 32.5 Å². The monoisotopic (exact) mass is 451 g/mol. The second-order valence-electron chi connectivity index (χ2n) is 8.06. The zero-order valence-corrected chi connectivity index (χ0v) is 17.6. The van der Waals surface area contributed by atoms with E-state index in [9.17, 15) is 23.1 Å². The number of hydrogen-bond donors (Lipinski definition) is 1. The van der Waals surface area contributed by atoms with Crippen LogP contribution in [0.25, 0.3) is 22.1 Å². The molecule has 0 amide bonds. The van der Waals surface area contributed by atoms with Crippen LogP contribution in [-0.2, 0) is 12.7 Å². The first kappa shape index (κ1) is 21.7. The third-order valence-electron chi connectivity index (χ3n) is 5.65. The van der Waals surface area contributed by atoms with Crippen LogP contribution in [0.15, 0.2) is 45.6 Å². The average Bonchev–Trinajstić information content (AvgIpc) is 2.70. The van der Waals surface area contributed by atoms with Gasteiger partial charge in [0.25, 0.3) is 0 Å². The van der Waals surface area contributed by atoms with E-state index >= 15 is 0 Å². The number of hydrogen-bond acceptors (Lipinski definition) is 4. The van der Waals surface area contributed by atoms with E-state index in [1.54, 1.807) is 0 Å². The molecule has 0 bridgehead atoms. The molecule has 4 rings (SSSR count). The fraction of sp³-hybridized carbons (Fsp3) is 0.348. The lowest BCUT2D eigenvalue weighted by Gasteiger charge is -2.31. The maximum absolute atomic E-state index is 13.9. The first-order valence-electron chi connectivity index (χ1n) is 10.0. The van der Waals surface area contributed by atoms with Gasteiger partial charge in [-0.25, -0.2) is 0 Å². The van der Waals surface area contributed by atoms with Crippen molar-refractivity contribution in [3.05, 3.63) is 63.0 Å². The van der Waals surface area contributed by atoms with Crippen LogP contribution in [0.2, 0.25) is 5.02 Å². The van der Waals surface area contributed by atoms with E-state index in [1.165, 1.54) is 36.4 Å². The molecule has 31 heavy (non-hydrogen) atoms. The van der Waals surface area contributed by atoms with E-state index < -0.39 is 22.9 Å². The molecule has 3 aromatic rings. The molecule has 0 aliphatic carbocycles. The first-order valence-corrected chi connectivity index (χ1v) is 10.4. The molecule has 164 valence electrons. The molecular formula is C23H21ClF3NO3. The number of rotatable bonds is 3. The van der Waals surface area contributed by atoms with Gasteiger partial charge in [-0.15, -0.1) is 0 Å². The predicted molar refractivity (Wildman–Crippen MR) is 113 cm³/mol. The number of halogens is 4. The van der Waals surface area contributed by atoms with Crippen molar-refractivity contribution in [2.75, 3.05) is 13.1 Å². The highest BCUT2D eigenvalue weighted by molar-refractivity contribution is 6.30. The summed E-state index contributed by atoms with van der Waals surface area (Å²) in [6, 6.07) is 8.18. The standard InChI is InChI=1S/C23H21ClF3NO3/c1-13-3-2-10-28(11-13)12-17-18(29)9-8-16-20(30)19(14-4-6-15(24)7-5-14)22(23(25,26)27)31-21(16)17/h4-9,13,29H,2-3,10-12H2,1H3/t13-/m0/s1. The van der Waals surface area contributed by atoms with Crippen molar-refractivity contribution in [3.8, 4) is 16.9 Å². The van der Waals surface area contributed by atoms with Crippen LogP contribution in [0, 0.1) is 5.92 Å². The Morgan fingerprint density at radius 1 is 1.19 bits per heavy atom. The Kier molecular flexibility index (Phi) is 5.75. The lowest BCUT2D eigenvalue weighted by molar-refractivity contribution is -0.152. The number of phenolic OH excluding ortho intramolecular Hbond substituents is 1. The van der Waals surface area contributed by atoms with Gasteiger partial charge in [0.05, 0.1) is 16.5 Å². The van der Waals surface area contributed by atoms with E-state index in [1.807, 2.05) is 0 Å². The Hall–Kier alpha value is -2.51. The quantitative estimate of drug-likeness (QED) is 0.525. The molecule has 1 atom stereocenters. The summed E-state index contributed by atoms with van der Waals surface area (Å²) >= 11 is 5.85. The summed E-state index contributed by atoms with van der Waals surface area (Å²) in [6.07, 6.45) is -2.86. The largest absolute Gasteiger partial charge is 0.507 e. The van der Waals surface area contributed by atoms with E-state index in [0.29, 0.717) is 10.9 Å². The zero-order chi connectivity index (χ0) is 22.3.